The van der Waals surface area contributed by atoms with E-state index in [1.54, 1.807) is 0 Å². The highest BCUT2D eigenvalue weighted by Gasteiger charge is 2.19. The predicted octanol–water partition coefficient (Wildman–Crippen LogP) is 5.04. The Morgan fingerprint density at radius 2 is 1.10 bits per heavy atom. The van der Waals surface area contributed by atoms with E-state index in [9.17, 15) is 0 Å². The van der Waals surface area contributed by atoms with Crippen molar-refractivity contribution in [1.82, 2.24) is 9.13 Å². The summed E-state index contributed by atoms with van der Waals surface area (Å²) in [6.45, 7) is 0. The number of benzene rings is 2. The Kier molecular flexibility index (Phi) is 2.00. The van der Waals surface area contributed by atoms with Crippen molar-refractivity contribution in [1.29, 1.82) is 0 Å². The molecule has 5 aromatic rings. The lowest BCUT2D eigenvalue weighted by atomic mass is 10.1. The van der Waals surface area contributed by atoms with Crippen LogP contribution in [0.4, 0.5) is 0 Å². The number of fused-ring (bicyclic) bond motifs is 7. The van der Waals surface area contributed by atoms with Crippen molar-refractivity contribution in [2.45, 2.75) is 0 Å². The van der Waals surface area contributed by atoms with E-state index >= 15 is 0 Å². The Bertz CT molecular complexity index is 1060. The molecule has 5 rings (SSSR count). The maximum absolute atomic E-state index is 2.32. The molecule has 0 bridgehead atoms. The first-order valence-corrected chi connectivity index (χ1v) is 7.92. The summed E-state index contributed by atoms with van der Waals surface area (Å²) in [6, 6.07) is 17.4. The van der Waals surface area contributed by atoms with Crippen molar-refractivity contribution in [3.05, 3.63) is 48.5 Å². The second-order valence-corrected chi connectivity index (χ2v) is 6.59. The van der Waals surface area contributed by atoms with E-state index < -0.39 is 0 Å². The van der Waals surface area contributed by atoms with Crippen LogP contribution in [-0.4, -0.2) is 9.13 Å². The first-order valence-electron chi connectivity index (χ1n) is 7.10. The zero-order valence-electron chi connectivity index (χ0n) is 11.9. The topological polar surface area (TPSA) is 9.86 Å². The largest absolute Gasteiger partial charge is 0.335 e. The SMILES string of the molecule is Cn1c2ccccc2c2c3c4ccccc4n(C)c3sc21. The summed E-state index contributed by atoms with van der Waals surface area (Å²) in [5.74, 6) is 0. The van der Waals surface area contributed by atoms with Gasteiger partial charge < -0.3 is 9.13 Å². The van der Waals surface area contributed by atoms with Crippen LogP contribution in [0.1, 0.15) is 0 Å². The van der Waals surface area contributed by atoms with E-state index in [1.807, 2.05) is 11.3 Å². The van der Waals surface area contributed by atoms with Crippen LogP contribution in [0.25, 0.3) is 42.2 Å². The molecule has 0 fully saturated rings. The molecule has 0 aliphatic heterocycles. The third-order valence-electron chi connectivity index (χ3n) is 4.55. The number of aromatic nitrogens is 2. The molecule has 2 aromatic carbocycles. The minimum atomic E-state index is 1.31. The number of aryl methyl sites for hydroxylation is 2. The minimum Gasteiger partial charge on any atom is -0.335 e. The smallest absolute Gasteiger partial charge is 0.106 e. The zero-order chi connectivity index (χ0) is 14.1. The van der Waals surface area contributed by atoms with Gasteiger partial charge in [0.15, 0.2) is 0 Å². The lowest BCUT2D eigenvalue weighted by Crippen LogP contribution is -1.85. The highest BCUT2D eigenvalue weighted by atomic mass is 32.1. The van der Waals surface area contributed by atoms with Crippen LogP contribution >= 0.6 is 11.3 Å². The number of hydrogen-bond donors (Lipinski definition) is 0. The van der Waals surface area contributed by atoms with Gasteiger partial charge in [-0.05, 0) is 12.1 Å². The minimum absolute atomic E-state index is 1.31. The molecule has 3 heterocycles. The van der Waals surface area contributed by atoms with Crippen LogP contribution in [0.2, 0.25) is 0 Å². The van der Waals surface area contributed by atoms with E-state index in [-0.39, 0.29) is 0 Å². The van der Waals surface area contributed by atoms with Crippen LogP contribution in [0.15, 0.2) is 48.5 Å². The van der Waals surface area contributed by atoms with Crippen molar-refractivity contribution in [3.63, 3.8) is 0 Å². The Morgan fingerprint density at radius 3 is 1.57 bits per heavy atom. The van der Waals surface area contributed by atoms with Crippen LogP contribution in [0.5, 0.6) is 0 Å². The summed E-state index contributed by atoms with van der Waals surface area (Å²) >= 11 is 1.89. The van der Waals surface area contributed by atoms with Gasteiger partial charge in [-0.25, -0.2) is 0 Å². The maximum atomic E-state index is 2.32. The summed E-state index contributed by atoms with van der Waals surface area (Å²) in [5, 5.41) is 5.53. The normalized spacial score (nSPS) is 12.3. The number of rotatable bonds is 0. The fourth-order valence-corrected chi connectivity index (χ4v) is 4.84. The third kappa shape index (κ3) is 1.23. The molecule has 0 saturated carbocycles. The van der Waals surface area contributed by atoms with Gasteiger partial charge in [0, 0.05) is 46.7 Å². The van der Waals surface area contributed by atoms with Gasteiger partial charge in [-0.3, -0.25) is 0 Å². The lowest BCUT2D eigenvalue weighted by molar-refractivity contribution is 1.02. The van der Waals surface area contributed by atoms with Crippen LogP contribution in [0, 0.1) is 0 Å². The van der Waals surface area contributed by atoms with Gasteiger partial charge in [0.2, 0.25) is 0 Å². The summed E-state index contributed by atoms with van der Waals surface area (Å²) in [6.07, 6.45) is 0. The molecule has 0 unspecified atom stereocenters. The molecular weight excluding hydrogens is 276 g/mol. The van der Waals surface area contributed by atoms with Gasteiger partial charge in [-0.2, -0.15) is 0 Å². The van der Waals surface area contributed by atoms with Gasteiger partial charge in [-0.15, -0.1) is 0 Å². The summed E-state index contributed by atoms with van der Waals surface area (Å²) < 4.78 is 4.65. The molecule has 3 aromatic heterocycles. The van der Waals surface area contributed by atoms with Crippen LogP contribution in [-0.2, 0) is 14.1 Å². The molecule has 0 atom stereocenters. The molecule has 0 amide bonds. The quantitative estimate of drug-likeness (QED) is 0.378. The van der Waals surface area contributed by atoms with E-state index in [2.05, 4.69) is 71.8 Å². The summed E-state index contributed by atoms with van der Waals surface area (Å²) in [5.41, 5.74) is 2.63. The molecule has 21 heavy (non-hydrogen) atoms. The van der Waals surface area contributed by atoms with Crippen molar-refractivity contribution in [2.24, 2.45) is 14.1 Å². The Labute approximate surface area is 125 Å². The predicted molar refractivity (Wildman–Crippen MR) is 92.3 cm³/mol. The van der Waals surface area contributed by atoms with Gasteiger partial charge >= 0.3 is 0 Å². The number of hydrogen-bond acceptors (Lipinski definition) is 1. The molecule has 2 nitrogen and oxygen atoms in total. The van der Waals surface area contributed by atoms with Crippen molar-refractivity contribution >= 4 is 53.6 Å². The Morgan fingerprint density at radius 1 is 0.667 bits per heavy atom. The standard InChI is InChI=1S/C18H14N2S/c1-19-13-9-5-3-7-11(13)15-16-12-8-4-6-10-14(12)20(2)18(16)21-17(15)19/h3-10H,1-2H3. The molecule has 0 aliphatic carbocycles. The maximum Gasteiger partial charge on any atom is 0.106 e. The van der Waals surface area contributed by atoms with E-state index in [4.69, 9.17) is 0 Å². The summed E-state index contributed by atoms with van der Waals surface area (Å²) in [7, 11) is 4.34. The number of thiophene rings is 1. The lowest BCUT2D eigenvalue weighted by Gasteiger charge is -1.97. The van der Waals surface area contributed by atoms with Crippen molar-refractivity contribution in [2.75, 3.05) is 0 Å². The fraction of sp³-hybridized carbons (Fsp3) is 0.111. The molecule has 0 saturated heterocycles. The molecule has 0 radical (unpaired) electrons. The molecule has 0 N–H and O–H groups in total. The molecule has 102 valence electrons. The second-order valence-electron chi connectivity index (χ2n) is 5.61. The monoisotopic (exact) mass is 290 g/mol. The average Bonchev–Trinajstić information content (AvgIpc) is 3.12. The Hall–Kier alpha value is -2.26. The second kappa shape index (κ2) is 3.68. The van der Waals surface area contributed by atoms with Crippen LogP contribution < -0.4 is 0 Å². The third-order valence-corrected chi connectivity index (χ3v) is 5.89. The summed E-state index contributed by atoms with van der Waals surface area (Å²) in [4.78, 5) is 2.73. The fourth-order valence-electron chi connectivity index (χ4n) is 3.55. The first kappa shape index (κ1) is 11.4. The van der Waals surface area contributed by atoms with Gasteiger partial charge in [0.1, 0.15) is 9.66 Å². The van der Waals surface area contributed by atoms with E-state index in [0.717, 1.165) is 0 Å². The Balaban J connectivity index is 2.20. The van der Waals surface area contributed by atoms with E-state index in [0.29, 0.717) is 0 Å². The number of nitrogens with zero attached hydrogens (tertiary/aromatic N) is 2. The zero-order valence-corrected chi connectivity index (χ0v) is 12.7. The molecule has 0 spiro atoms. The first-order chi connectivity index (χ1) is 10.3. The van der Waals surface area contributed by atoms with Crippen molar-refractivity contribution < 1.29 is 0 Å². The average molecular weight is 290 g/mol. The molecular formula is C18H14N2S. The van der Waals surface area contributed by atoms with Gasteiger partial charge in [0.05, 0.1) is 0 Å². The highest BCUT2D eigenvalue weighted by Crippen LogP contribution is 2.44. The number of para-hydroxylation sites is 2. The van der Waals surface area contributed by atoms with Gasteiger partial charge in [-0.1, -0.05) is 47.7 Å². The highest BCUT2D eigenvalue weighted by molar-refractivity contribution is 7.25. The van der Waals surface area contributed by atoms with E-state index in [1.165, 1.54) is 42.2 Å². The molecule has 3 heteroatoms. The molecule has 0 aliphatic rings. The van der Waals surface area contributed by atoms with Crippen molar-refractivity contribution in [3.8, 4) is 0 Å². The van der Waals surface area contributed by atoms with Crippen LogP contribution in [0.3, 0.4) is 0 Å². The van der Waals surface area contributed by atoms with Gasteiger partial charge in [0.25, 0.3) is 0 Å².